The van der Waals surface area contributed by atoms with Crippen LogP contribution in [0.25, 0.3) is 0 Å². The second kappa shape index (κ2) is 6.94. The summed E-state index contributed by atoms with van der Waals surface area (Å²) in [7, 11) is -3.91. The molecule has 6 nitrogen and oxygen atoms in total. The van der Waals surface area contributed by atoms with E-state index in [0.717, 1.165) is 37.7 Å². The number of nitrogens with zero attached hydrogens (tertiary/aromatic N) is 1. The van der Waals surface area contributed by atoms with Crippen LogP contribution in [0.15, 0.2) is 12.1 Å². The predicted molar refractivity (Wildman–Crippen MR) is 106 cm³/mol. The van der Waals surface area contributed by atoms with E-state index in [9.17, 15) is 17.6 Å². The first-order valence-electron chi connectivity index (χ1n) is 10.7. The molecule has 1 heterocycles. The first-order valence-corrected chi connectivity index (χ1v) is 12.1. The van der Waals surface area contributed by atoms with Crippen molar-refractivity contribution in [2.75, 3.05) is 13.1 Å². The van der Waals surface area contributed by atoms with E-state index in [4.69, 9.17) is 4.74 Å². The molecule has 1 spiro atoms. The Morgan fingerprint density at radius 1 is 1.10 bits per heavy atom. The maximum absolute atomic E-state index is 14.8. The van der Waals surface area contributed by atoms with E-state index in [0.29, 0.717) is 24.3 Å². The van der Waals surface area contributed by atoms with Crippen LogP contribution in [0.3, 0.4) is 0 Å². The molecule has 1 amide bonds. The van der Waals surface area contributed by atoms with E-state index in [1.54, 1.807) is 0 Å². The fraction of sp³-hybridized carbons (Fsp3) is 0.667. The van der Waals surface area contributed by atoms with Crippen LogP contribution in [0.1, 0.15) is 79.6 Å². The molecular weight excluding hydrogens is 395 g/mol. The van der Waals surface area contributed by atoms with Crippen molar-refractivity contribution in [2.24, 2.45) is 5.41 Å². The number of amides is 1. The lowest BCUT2D eigenvalue weighted by atomic mass is 9.84. The van der Waals surface area contributed by atoms with Crippen LogP contribution in [0, 0.1) is 11.2 Å². The predicted octanol–water partition coefficient (Wildman–Crippen LogP) is 3.49. The lowest BCUT2D eigenvalue weighted by Gasteiger charge is -2.30. The minimum absolute atomic E-state index is 0.0876. The maximum atomic E-state index is 14.8. The largest absolute Gasteiger partial charge is 0.490 e. The second-order valence-corrected chi connectivity index (χ2v) is 10.8. The second-order valence-electron chi connectivity index (χ2n) is 9.15. The van der Waals surface area contributed by atoms with Crippen LogP contribution < -0.4 is 9.46 Å². The summed E-state index contributed by atoms with van der Waals surface area (Å²) in [6.07, 6.45) is 9.78. The minimum atomic E-state index is -3.91. The van der Waals surface area contributed by atoms with Gasteiger partial charge in [0.2, 0.25) is 0 Å². The number of benzene rings is 1. The molecule has 4 fully saturated rings. The smallest absolute Gasteiger partial charge is 0.304 e. The third-order valence-corrected chi connectivity index (χ3v) is 8.47. The lowest BCUT2D eigenvalue weighted by molar-refractivity contribution is 0.0973. The van der Waals surface area contributed by atoms with Crippen molar-refractivity contribution in [3.63, 3.8) is 0 Å². The van der Waals surface area contributed by atoms with E-state index < -0.39 is 21.9 Å². The van der Waals surface area contributed by atoms with Gasteiger partial charge in [-0.25, -0.2) is 9.11 Å². The van der Waals surface area contributed by atoms with Crippen LogP contribution in [0.5, 0.6) is 5.75 Å². The zero-order valence-corrected chi connectivity index (χ0v) is 17.3. The number of nitrogens with one attached hydrogen (secondary N) is 1. The number of carbonyl (C=O) groups is 1. The molecule has 1 aliphatic heterocycles. The van der Waals surface area contributed by atoms with Crippen molar-refractivity contribution < 1.29 is 22.3 Å². The summed E-state index contributed by atoms with van der Waals surface area (Å²) < 4.78 is 48.5. The molecule has 0 bridgehead atoms. The Labute approximate surface area is 171 Å². The average molecular weight is 423 g/mol. The lowest BCUT2D eigenvalue weighted by Crippen LogP contribution is -2.49. The molecule has 0 aromatic heterocycles. The Bertz CT molecular complexity index is 926. The molecule has 29 heavy (non-hydrogen) atoms. The van der Waals surface area contributed by atoms with Gasteiger partial charge in [0, 0.05) is 19.2 Å². The van der Waals surface area contributed by atoms with Crippen molar-refractivity contribution in [1.82, 2.24) is 9.03 Å². The van der Waals surface area contributed by atoms with Crippen molar-refractivity contribution >= 4 is 16.1 Å². The van der Waals surface area contributed by atoms with Gasteiger partial charge in [0.05, 0.1) is 11.7 Å². The van der Waals surface area contributed by atoms with Gasteiger partial charge in [-0.3, -0.25) is 4.79 Å². The molecule has 5 rings (SSSR count). The highest BCUT2D eigenvalue weighted by atomic mass is 32.2. The monoisotopic (exact) mass is 422 g/mol. The van der Waals surface area contributed by atoms with Crippen molar-refractivity contribution in [3.8, 4) is 5.75 Å². The Kier molecular flexibility index (Phi) is 4.62. The third kappa shape index (κ3) is 3.89. The molecule has 8 heteroatoms. The zero-order chi connectivity index (χ0) is 20.2. The summed E-state index contributed by atoms with van der Waals surface area (Å²) >= 11 is 0. The highest BCUT2D eigenvalue weighted by Gasteiger charge is 2.45. The number of carbonyl (C=O) groups excluding carboxylic acids is 1. The highest BCUT2D eigenvalue weighted by Crippen LogP contribution is 2.56. The molecule has 1 N–H and O–H groups in total. The molecule has 4 aliphatic rings. The molecule has 1 aromatic rings. The van der Waals surface area contributed by atoms with E-state index in [1.165, 1.54) is 42.1 Å². The number of ether oxygens (including phenoxy) is 1. The van der Waals surface area contributed by atoms with E-state index in [2.05, 4.69) is 0 Å². The van der Waals surface area contributed by atoms with Crippen LogP contribution >= 0.6 is 0 Å². The quantitative estimate of drug-likeness (QED) is 0.762. The SMILES string of the molecule is O=C(NS(=O)(=O)N1CCC1)c1cc(C2CC2)c(OC2CCC3(CC2)CC3)cc1F. The number of hydrogen-bond acceptors (Lipinski definition) is 4. The van der Waals surface area contributed by atoms with Gasteiger partial charge in [-0.2, -0.15) is 12.7 Å². The molecular formula is C21H27FN2O4S. The first-order chi connectivity index (χ1) is 13.9. The summed E-state index contributed by atoms with van der Waals surface area (Å²) in [5, 5.41) is 0. The summed E-state index contributed by atoms with van der Waals surface area (Å²) in [6, 6.07) is 2.77. The summed E-state index contributed by atoms with van der Waals surface area (Å²) in [5.41, 5.74) is 1.16. The van der Waals surface area contributed by atoms with Crippen LogP contribution in [-0.2, 0) is 10.2 Å². The topological polar surface area (TPSA) is 75.7 Å². The summed E-state index contributed by atoms with van der Waals surface area (Å²) in [6.45, 7) is 0.766. The molecule has 0 unspecified atom stereocenters. The summed E-state index contributed by atoms with van der Waals surface area (Å²) in [5.74, 6) is -0.891. The molecule has 3 aliphatic carbocycles. The van der Waals surface area contributed by atoms with Crippen LogP contribution in [-0.4, -0.2) is 37.8 Å². The molecule has 158 valence electrons. The molecule has 0 radical (unpaired) electrons. The highest BCUT2D eigenvalue weighted by molar-refractivity contribution is 7.87. The molecule has 1 saturated heterocycles. The fourth-order valence-corrected chi connectivity index (χ4v) is 5.72. The van der Waals surface area contributed by atoms with Gasteiger partial charge in [0.1, 0.15) is 11.6 Å². The number of hydrogen-bond donors (Lipinski definition) is 1. The molecule has 1 aromatic carbocycles. The van der Waals surface area contributed by atoms with Gasteiger partial charge < -0.3 is 4.74 Å². The van der Waals surface area contributed by atoms with Gasteiger partial charge in [0.15, 0.2) is 0 Å². The number of rotatable bonds is 6. The molecule has 3 saturated carbocycles. The Balaban J connectivity index is 1.34. The van der Waals surface area contributed by atoms with E-state index >= 15 is 0 Å². The first kappa shape index (κ1) is 19.3. The number of halogens is 1. The van der Waals surface area contributed by atoms with E-state index in [-0.39, 0.29) is 17.6 Å². The molecule has 0 atom stereocenters. The van der Waals surface area contributed by atoms with Gasteiger partial charge in [-0.15, -0.1) is 0 Å². The normalized spacial score (nSPS) is 24.2. The van der Waals surface area contributed by atoms with Crippen molar-refractivity contribution in [1.29, 1.82) is 0 Å². The fourth-order valence-electron chi connectivity index (χ4n) is 4.50. The van der Waals surface area contributed by atoms with Gasteiger partial charge in [-0.05, 0) is 80.8 Å². The zero-order valence-electron chi connectivity index (χ0n) is 16.5. The van der Waals surface area contributed by atoms with Crippen molar-refractivity contribution in [2.45, 2.75) is 69.8 Å². The standard InChI is InChI=1S/C21H27FN2O4S/c22-18-13-19(28-15-4-6-21(7-5-15)8-9-21)16(14-2-3-14)12-17(18)20(25)23-29(26,27)24-10-1-11-24/h12-15H,1-11H2,(H,23,25). The van der Waals surface area contributed by atoms with Crippen LogP contribution in [0.2, 0.25) is 0 Å². The Morgan fingerprint density at radius 2 is 1.79 bits per heavy atom. The summed E-state index contributed by atoms with van der Waals surface area (Å²) in [4.78, 5) is 12.5. The van der Waals surface area contributed by atoms with Crippen LogP contribution in [0.4, 0.5) is 4.39 Å². The Hall–Kier alpha value is -1.67. The van der Waals surface area contributed by atoms with Gasteiger partial charge >= 0.3 is 10.2 Å². The van der Waals surface area contributed by atoms with E-state index in [1.807, 2.05) is 4.72 Å². The van der Waals surface area contributed by atoms with Gasteiger partial charge in [0.25, 0.3) is 5.91 Å². The maximum Gasteiger partial charge on any atom is 0.304 e. The average Bonchev–Trinajstić information content (AvgIpc) is 3.51. The van der Waals surface area contributed by atoms with Gasteiger partial charge in [-0.1, -0.05) is 0 Å². The third-order valence-electron chi connectivity index (χ3n) is 6.98. The minimum Gasteiger partial charge on any atom is -0.490 e. The van der Waals surface area contributed by atoms with Crippen molar-refractivity contribution in [3.05, 3.63) is 29.1 Å². The Morgan fingerprint density at radius 3 is 2.34 bits per heavy atom.